The standard InChI is InChI=1S/C19H23N3O4/c1-15(22-11-5-10-20-22)14-17(23)21-12-8-19(9-13-21,18(24)25)26-16-6-3-2-4-7-16/h2-7,10-11,15H,8-9,12-14H2,1H3,(H,24,25). The van der Waals surface area contributed by atoms with Crippen LogP contribution in [0.2, 0.25) is 0 Å². The van der Waals surface area contributed by atoms with Gasteiger partial charge >= 0.3 is 5.97 Å². The topological polar surface area (TPSA) is 84.7 Å². The van der Waals surface area contributed by atoms with Crippen molar-refractivity contribution >= 4 is 11.9 Å². The number of hydrogen-bond donors (Lipinski definition) is 1. The van der Waals surface area contributed by atoms with Gasteiger partial charge in [-0.2, -0.15) is 5.10 Å². The monoisotopic (exact) mass is 357 g/mol. The number of para-hydroxylation sites is 1. The third-order valence-corrected chi connectivity index (χ3v) is 4.82. The van der Waals surface area contributed by atoms with E-state index >= 15 is 0 Å². The number of hydrogen-bond acceptors (Lipinski definition) is 4. The summed E-state index contributed by atoms with van der Waals surface area (Å²) in [6.07, 6.45) is 4.38. The minimum Gasteiger partial charge on any atom is -0.478 e. The van der Waals surface area contributed by atoms with Gasteiger partial charge in [0.1, 0.15) is 5.75 Å². The fourth-order valence-electron chi connectivity index (χ4n) is 3.21. The van der Waals surface area contributed by atoms with Gasteiger partial charge in [0.05, 0.1) is 6.04 Å². The number of likely N-dealkylation sites (tertiary alicyclic amines) is 1. The molecule has 2 heterocycles. The van der Waals surface area contributed by atoms with Gasteiger partial charge in [0.2, 0.25) is 11.5 Å². The molecule has 1 aromatic carbocycles. The minimum atomic E-state index is -1.29. The highest BCUT2D eigenvalue weighted by Crippen LogP contribution is 2.30. The lowest BCUT2D eigenvalue weighted by Gasteiger charge is -2.39. The maximum atomic E-state index is 12.5. The Kier molecular flexibility index (Phi) is 5.25. The number of carbonyl (C=O) groups excluding carboxylic acids is 1. The summed E-state index contributed by atoms with van der Waals surface area (Å²) in [7, 11) is 0. The van der Waals surface area contributed by atoms with Gasteiger partial charge in [-0.25, -0.2) is 4.79 Å². The van der Waals surface area contributed by atoms with Crippen LogP contribution in [0, 0.1) is 0 Å². The Balaban J connectivity index is 1.61. The predicted octanol–water partition coefficient (Wildman–Crippen LogP) is 2.36. The third kappa shape index (κ3) is 3.87. The molecule has 0 aliphatic carbocycles. The highest BCUT2D eigenvalue weighted by Gasteiger charge is 2.45. The number of piperidine rings is 1. The molecule has 1 amide bonds. The molecule has 26 heavy (non-hydrogen) atoms. The number of amides is 1. The van der Waals surface area contributed by atoms with Crippen LogP contribution in [0.15, 0.2) is 48.8 Å². The van der Waals surface area contributed by atoms with Crippen LogP contribution in [0.5, 0.6) is 5.75 Å². The van der Waals surface area contributed by atoms with Gasteiger partial charge < -0.3 is 14.7 Å². The van der Waals surface area contributed by atoms with E-state index < -0.39 is 11.6 Å². The fraction of sp³-hybridized carbons (Fsp3) is 0.421. The molecule has 1 unspecified atom stereocenters. The van der Waals surface area contributed by atoms with E-state index in [1.807, 2.05) is 25.3 Å². The normalized spacial score (nSPS) is 17.5. The van der Waals surface area contributed by atoms with Gasteiger partial charge in [-0.05, 0) is 25.1 Å². The molecule has 0 bridgehead atoms. The Bertz CT molecular complexity index is 737. The first-order valence-electron chi connectivity index (χ1n) is 8.74. The summed E-state index contributed by atoms with van der Waals surface area (Å²) < 4.78 is 7.57. The van der Waals surface area contributed by atoms with E-state index in [9.17, 15) is 14.7 Å². The van der Waals surface area contributed by atoms with Crippen LogP contribution in [-0.2, 0) is 9.59 Å². The fourth-order valence-corrected chi connectivity index (χ4v) is 3.21. The van der Waals surface area contributed by atoms with Gasteiger partial charge in [-0.3, -0.25) is 9.48 Å². The maximum Gasteiger partial charge on any atom is 0.348 e. The van der Waals surface area contributed by atoms with Crippen LogP contribution in [0.4, 0.5) is 0 Å². The van der Waals surface area contributed by atoms with E-state index in [2.05, 4.69) is 5.10 Å². The zero-order valence-corrected chi connectivity index (χ0v) is 14.7. The summed E-state index contributed by atoms with van der Waals surface area (Å²) >= 11 is 0. The number of rotatable bonds is 6. The first-order chi connectivity index (χ1) is 12.5. The van der Waals surface area contributed by atoms with Crippen LogP contribution in [0.3, 0.4) is 0 Å². The average molecular weight is 357 g/mol. The van der Waals surface area contributed by atoms with Gasteiger partial charge in [-0.1, -0.05) is 18.2 Å². The number of carbonyl (C=O) groups is 2. The lowest BCUT2D eigenvalue weighted by Crippen LogP contribution is -2.54. The first-order valence-corrected chi connectivity index (χ1v) is 8.74. The molecule has 1 saturated heterocycles. The summed E-state index contributed by atoms with van der Waals surface area (Å²) in [4.78, 5) is 26.1. The van der Waals surface area contributed by atoms with E-state index in [-0.39, 0.29) is 24.8 Å². The second-order valence-corrected chi connectivity index (χ2v) is 6.63. The Morgan fingerprint density at radius 2 is 1.92 bits per heavy atom. The predicted molar refractivity (Wildman–Crippen MR) is 94.8 cm³/mol. The van der Waals surface area contributed by atoms with Crippen molar-refractivity contribution in [1.82, 2.24) is 14.7 Å². The zero-order chi connectivity index (χ0) is 18.6. The molecule has 1 aromatic heterocycles. The third-order valence-electron chi connectivity index (χ3n) is 4.82. The summed E-state index contributed by atoms with van der Waals surface area (Å²) in [5.74, 6) is -0.452. The van der Waals surface area contributed by atoms with Crippen molar-refractivity contribution in [2.24, 2.45) is 0 Å². The Morgan fingerprint density at radius 1 is 1.23 bits per heavy atom. The summed E-state index contributed by atoms with van der Waals surface area (Å²) in [5.41, 5.74) is -1.29. The highest BCUT2D eigenvalue weighted by atomic mass is 16.5. The molecule has 0 radical (unpaired) electrons. The molecule has 2 aromatic rings. The number of ether oxygens (including phenoxy) is 1. The molecule has 0 saturated carbocycles. The number of carboxylic acids is 1. The molecule has 1 N–H and O–H groups in total. The van der Waals surface area contributed by atoms with Crippen molar-refractivity contribution in [1.29, 1.82) is 0 Å². The largest absolute Gasteiger partial charge is 0.478 e. The summed E-state index contributed by atoms with van der Waals surface area (Å²) in [6.45, 7) is 2.67. The number of nitrogens with zero attached hydrogens (tertiary/aromatic N) is 3. The summed E-state index contributed by atoms with van der Waals surface area (Å²) in [5, 5.41) is 13.9. The van der Waals surface area contributed by atoms with Gasteiger partial charge in [0.15, 0.2) is 0 Å². The lowest BCUT2D eigenvalue weighted by atomic mass is 9.90. The zero-order valence-electron chi connectivity index (χ0n) is 14.7. The second kappa shape index (κ2) is 7.59. The van der Waals surface area contributed by atoms with E-state index in [0.29, 0.717) is 25.3 Å². The van der Waals surface area contributed by atoms with E-state index in [4.69, 9.17) is 4.74 Å². The Labute approximate surface area is 152 Å². The Hall–Kier alpha value is -2.83. The van der Waals surface area contributed by atoms with Crippen molar-refractivity contribution in [2.45, 2.75) is 37.8 Å². The van der Waals surface area contributed by atoms with Crippen molar-refractivity contribution in [2.75, 3.05) is 13.1 Å². The second-order valence-electron chi connectivity index (χ2n) is 6.63. The molecular formula is C19H23N3O4. The molecule has 1 aliphatic rings. The van der Waals surface area contributed by atoms with E-state index in [1.165, 1.54) is 0 Å². The van der Waals surface area contributed by atoms with Gasteiger partial charge in [-0.15, -0.1) is 0 Å². The molecule has 1 aliphatic heterocycles. The van der Waals surface area contributed by atoms with Crippen LogP contribution in [-0.4, -0.2) is 50.4 Å². The highest BCUT2D eigenvalue weighted by molar-refractivity contribution is 5.80. The SMILES string of the molecule is CC(CC(=O)N1CCC(Oc2ccccc2)(C(=O)O)CC1)n1cccn1. The molecule has 1 fully saturated rings. The maximum absolute atomic E-state index is 12.5. The average Bonchev–Trinajstić information content (AvgIpc) is 3.18. The molecule has 1 atom stereocenters. The van der Waals surface area contributed by atoms with Crippen LogP contribution in [0.1, 0.15) is 32.2 Å². The smallest absolute Gasteiger partial charge is 0.348 e. The number of aliphatic carboxylic acids is 1. The molecule has 7 heteroatoms. The molecule has 138 valence electrons. The van der Waals surface area contributed by atoms with Crippen LogP contribution < -0.4 is 4.74 Å². The Morgan fingerprint density at radius 3 is 2.50 bits per heavy atom. The van der Waals surface area contributed by atoms with E-state index in [0.717, 1.165) is 0 Å². The first kappa shape index (κ1) is 18.0. The lowest BCUT2D eigenvalue weighted by molar-refractivity contribution is -0.162. The number of benzene rings is 1. The van der Waals surface area contributed by atoms with Gasteiger partial charge in [0, 0.05) is 44.7 Å². The molecular weight excluding hydrogens is 334 g/mol. The number of aromatic nitrogens is 2. The summed E-state index contributed by atoms with van der Waals surface area (Å²) in [6, 6.07) is 10.7. The number of carboxylic acid groups (broad SMARTS) is 1. The van der Waals surface area contributed by atoms with Gasteiger partial charge in [0.25, 0.3) is 0 Å². The van der Waals surface area contributed by atoms with Crippen molar-refractivity contribution in [3.8, 4) is 5.75 Å². The molecule has 0 spiro atoms. The van der Waals surface area contributed by atoms with Crippen molar-refractivity contribution in [3.05, 3.63) is 48.8 Å². The quantitative estimate of drug-likeness (QED) is 0.858. The van der Waals surface area contributed by atoms with Crippen molar-refractivity contribution < 1.29 is 19.4 Å². The van der Waals surface area contributed by atoms with Crippen LogP contribution >= 0.6 is 0 Å². The van der Waals surface area contributed by atoms with E-state index in [1.54, 1.807) is 40.0 Å². The van der Waals surface area contributed by atoms with Crippen LogP contribution in [0.25, 0.3) is 0 Å². The van der Waals surface area contributed by atoms with Crippen molar-refractivity contribution in [3.63, 3.8) is 0 Å². The molecule has 3 rings (SSSR count). The molecule has 7 nitrogen and oxygen atoms in total. The minimum absolute atomic E-state index is 0.00620.